The second-order valence-electron chi connectivity index (χ2n) is 8.34. The lowest BCUT2D eigenvalue weighted by Gasteiger charge is -2.35. The van der Waals surface area contributed by atoms with E-state index < -0.39 is 5.97 Å². The van der Waals surface area contributed by atoms with Crippen LogP contribution in [0.3, 0.4) is 0 Å². The first-order chi connectivity index (χ1) is 15.6. The number of nitrogens with zero attached hydrogens (tertiary/aromatic N) is 3. The first-order valence-corrected chi connectivity index (χ1v) is 11.6. The summed E-state index contributed by atoms with van der Waals surface area (Å²) in [5, 5.41) is 10.4. The molecule has 0 bridgehead atoms. The van der Waals surface area contributed by atoms with Gasteiger partial charge in [-0.3, -0.25) is 4.90 Å². The third kappa shape index (κ3) is 5.72. The summed E-state index contributed by atoms with van der Waals surface area (Å²) in [4.78, 5) is 23.5. The van der Waals surface area contributed by atoms with E-state index in [1.54, 1.807) is 0 Å². The van der Waals surface area contributed by atoms with Gasteiger partial charge in [-0.2, -0.15) is 0 Å². The fourth-order valence-electron chi connectivity index (χ4n) is 4.36. The van der Waals surface area contributed by atoms with E-state index in [1.165, 1.54) is 17.3 Å². The molecular weight excluding hydrogens is 422 g/mol. The van der Waals surface area contributed by atoms with Crippen LogP contribution in [0.4, 0.5) is 0 Å². The van der Waals surface area contributed by atoms with Gasteiger partial charge in [-0.1, -0.05) is 60.5 Å². The number of benzene rings is 2. The quantitative estimate of drug-likeness (QED) is 0.475. The van der Waals surface area contributed by atoms with Crippen molar-refractivity contribution in [1.82, 2.24) is 14.9 Å². The van der Waals surface area contributed by atoms with Crippen molar-refractivity contribution in [3.05, 3.63) is 94.0 Å². The molecule has 1 N–H and O–H groups in total. The Morgan fingerprint density at radius 3 is 2.56 bits per heavy atom. The zero-order chi connectivity index (χ0) is 22.3. The van der Waals surface area contributed by atoms with Crippen LogP contribution in [0.15, 0.2) is 60.8 Å². The van der Waals surface area contributed by atoms with E-state index in [0.29, 0.717) is 12.1 Å². The van der Waals surface area contributed by atoms with Crippen LogP contribution in [0.5, 0.6) is 0 Å². The maximum Gasteiger partial charge on any atom is 0.339 e. The predicted molar refractivity (Wildman–Crippen MR) is 126 cm³/mol. The Labute approximate surface area is 194 Å². The van der Waals surface area contributed by atoms with Crippen molar-refractivity contribution in [2.45, 2.75) is 51.1 Å². The molecule has 1 aliphatic heterocycles. The van der Waals surface area contributed by atoms with Gasteiger partial charge in [-0.05, 0) is 61.9 Å². The Kier molecular flexibility index (Phi) is 7.51. The summed E-state index contributed by atoms with van der Waals surface area (Å²) in [5.74, 6) is -0.230. The monoisotopic (exact) mass is 449 g/mol. The van der Waals surface area contributed by atoms with Gasteiger partial charge in [0.05, 0.1) is 17.3 Å². The first kappa shape index (κ1) is 22.4. The normalized spacial score (nSPS) is 16.7. The highest BCUT2D eigenvalue weighted by Crippen LogP contribution is 2.31. The van der Waals surface area contributed by atoms with E-state index in [1.807, 2.05) is 30.3 Å². The number of carboxylic acid groups (broad SMARTS) is 1. The van der Waals surface area contributed by atoms with Gasteiger partial charge in [-0.25, -0.2) is 14.8 Å². The summed E-state index contributed by atoms with van der Waals surface area (Å²) < 4.78 is 0. The van der Waals surface area contributed by atoms with Crippen LogP contribution >= 0.6 is 11.6 Å². The number of aromatic nitrogens is 2. The number of aromatic carboxylic acids is 1. The van der Waals surface area contributed by atoms with Crippen molar-refractivity contribution in [1.29, 1.82) is 0 Å². The summed E-state index contributed by atoms with van der Waals surface area (Å²) in [7, 11) is 0. The van der Waals surface area contributed by atoms with Crippen molar-refractivity contribution in [2.24, 2.45) is 0 Å². The van der Waals surface area contributed by atoms with Gasteiger partial charge in [0, 0.05) is 17.8 Å². The fraction of sp³-hybridized carbons (Fsp3) is 0.346. The predicted octanol–water partition coefficient (Wildman–Crippen LogP) is 5.73. The summed E-state index contributed by atoms with van der Waals surface area (Å²) in [5.41, 5.74) is 3.30. The van der Waals surface area contributed by atoms with Crippen LogP contribution in [-0.4, -0.2) is 32.5 Å². The molecule has 6 heteroatoms. The van der Waals surface area contributed by atoms with E-state index in [4.69, 9.17) is 16.6 Å². The molecule has 0 saturated carbocycles. The van der Waals surface area contributed by atoms with Crippen molar-refractivity contribution in [2.75, 3.05) is 6.54 Å². The van der Waals surface area contributed by atoms with Gasteiger partial charge in [0.2, 0.25) is 0 Å². The zero-order valence-corrected chi connectivity index (χ0v) is 18.8. The first-order valence-electron chi connectivity index (χ1n) is 11.2. The van der Waals surface area contributed by atoms with E-state index >= 15 is 0 Å². The van der Waals surface area contributed by atoms with Crippen molar-refractivity contribution >= 4 is 17.6 Å². The number of hydrogen-bond donors (Lipinski definition) is 1. The molecule has 32 heavy (non-hydrogen) atoms. The number of aryl methyl sites for hydroxylation is 2. The lowest BCUT2D eigenvalue weighted by Crippen LogP contribution is -2.34. The van der Waals surface area contributed by atoms with Gasteiger partial charge < -0.3 is 5.11 Å². The van der Waals surface area contributed by atoms with Gasteiger partial charge in [0.1, 0.15) is 5.82 Å². The zero-order valence-electron chi connectivity index (χ0n) is 18.1. The average molecular weight is 450 g/mol. The minimum absolute atomic E-state index is 0.0927. The molecule has 2 aromatic carbocycles. The summed E-state index contributed by atoms with van der Waals surface area (Å²) >= 11 is 6.04. The highest BCUT2D eigenvalue weighted by atomic mass is 35.5. The summed E-state index contributed by atoms with van der Waals surface area (Å²) in [6.07, 6.45) is 7.10. The van der Waals surface area contributed by atoms with Crippen LogP contribution in [0.2, 0.25) is 5.02 Å². The molecule has 0 radical (unpaired) electrons. The molecule has 1 saturated heterocycles. The number of likely N-dealkylation sites (tertiary alicyclic amines) is 1. The third-order valence-electron chi connectivity index (χ3n) is 6.05. The Balaban J connectivity index is 1.52. The van der Waals surface area contributed by atoms with E-state index in [0.717, 1.165) is 56.0 Å². The van der Waals surface area contributed by atoms with Crippen LogP contribution in [0.25, 0.3) is 0 Å². The maximum absolute atomic E-state index is 11.8. The highest BCUT2D eigenvalue weighted by Gasteiger charge is 2.27. The number of carbonyl (C=O) groups is 1. The highest BCUT2D eigenvalue weighted by molar-refractivity contribution is 6.30. The fourth-order valence-corrected chi connectivity index (χ4v) is 4.49. The second kappa shape index (κ2) is 10.7. The topological polar surface area (TPSA) is 66.3 Å². The molecule has 5 nitrogen and oxygen atoms in total. The minimum atomic E-state index is -0.965. The third-order valence-corrected chi connectivity index (χ3v) is 6.30. The summed E-state index contributed by atoms with van der Waals surface area (Å²) in [6.45, 7) is 1.77. The largest absolute Gasteiger partial charge is 0.478 e. The molecule has 166 valence electrons. The standard InChI is InChI=1S/C26H28ClN3O2/c27-21-14-12-20(13-15-21)18-30-16-5-4-11-24(30)25-28-17-22(26(31)32)23(29-25)10-6-9-19-7-2-1-3-8-19/h1-3,7-8,12-15,17,24H,4-6,9-11,16,18H2,(H,31,32)/t24-/m0/s1. The molecule has 1 aliphatic rings. The molecule has 0 aliphatic carbocycles. The van der Waals surface area contributed by atoms with Gasteiger partial charge >= 0.3 is 5.97 Å². The van der Waals surface area contributed by atoms with Gasteiger partial charge in [0.15, 0.2) is 0 Å². The lowest BCUT2D eigenvalue weighted by molar-refractivity contribution is 0.0694. The van der Waals surface area contributed by atoms with Crippen molar-refractivity contribution in [3.63, 3.8) is 0 Å². The Morgan fingerprint density at radius 2 is 1.81 bits per heavy atom. The molecular formula is C26H28ClN3O2. The SMILES string of the molecule is O=C(O)c1cnc([C@@H]2CCCCN2Cc2ccc(Cl)cc2)nc1CCCc1ccccc1. The Morgan fingerprint density at radius 1 is 1.03 bits per heavy atom. The van der Waals surface area contributed by atoms with E-state index in [-0.39, 0.29) is 11.6 Å². The lowest BCUT2D eigenvalue weighted by atomic mass is 9.99. The number of halogens is 1. The van der Waals surface area contributed by atoms with Gasteiger partial charge in [0.25, 0.3) is 0 Å². The molecule has 2 heterocycles. The molecule has 0 unspecified atom stereocenters. The van der Waals surface area contributed by atoms with Gasteiger partial charge in [-0.15, -0.1) is 0 Å². The minimum Gasteiger partial charge on any atom is -0.478 e. The molecule has 1 atom stereocenters. The summed E-state index contributed by atoms with van der Waals surface area (Å²) in [6, 6.07) is 18.3. The molecule has 4 rings (SSSR count). The van der Waals surface area contributed by atoms with Crippen LogP contribution < -0.4 is 0 Å². The molecule has 1 aromatic heterocycles. The number of carboxylic acids is 1. The molecule has 0 spiro atoms. The number of piperidine rings is 1. The van der Waals surface area contributed by atoms with Crippen LogP contribution in [-0.2, 0) is 19.4 Å². The van der Waals surface area contributed by atoms with Crippen molar-refractivity contribution < 1.29 is 9.90 Å². The van der Waals surface area contributed by atoms with E-state index in [2.05, 4.69) is 34.1 Å². The van der Waals surface area contributed by atoms with Crippen LogP contribution in [0.1, 0.15) is 64.7 Å². The van der Waals surface area contributed by atoms with Crippen LogP contribution in [0, 0.1) is 0 Å². The maximum atomic E-state index is 11.8. The Bertz CT molecular complexity index is 1040. The smallest absolute Gasteiger partial charge is 0.339 e. The number of hydrogen-bond acceptors (Lipinski definition) is 4. The van der Waals surface area contributed by atoms with E-state index in [9.17, 15) is 9.90 Å². The second-order valence-corrected chi connectivity index (χ2v) is 8.78. The molecule has 1 fully saturated rings. The average Bonchev–Trinajstić information content (AvgIpc) is 2.81. The molecule has 0 amide bonds. The van der Waals surface area contributed by atoms with Crippen molar-refractivity contribution in [3.8, 4) is 0 Å². The number of rotatable bonds is 8. The molecule has 3 aromatic rings. The Hall–Kier alpha value is -2.76.